The fourth-order valence-corrected chi connectivity index (χ4v) is 5.58. The van der Waals surface area contributed by atoms with Gasteiger partial charge in [-0.1, -0.05) is 49.4 Å². The van der Waals surface area contributed by atoms with Crippen molar-refractivity contribution >= 4 is 11.8 Å². The first-order valence-corrected chi connectivity index (χ1v) is 10.7. The van der Waals surface area contributed by atoms with Crippen LogP contribution in [-0.4, -0.2) is 25.1 Å². The highest BCUT2D eigenvalue weighted by Gasteiger charge is 2.42. The van der Waals surface area contributed by atoms with Crippen molar-refractivity contribution < 1.29 is 14.6 Å². The van der Waals surface area contributed by atoms with Crippen LogP contribution in [0.15, 0.2) is 71.6 Å². The van der Waals surface area contributed by atoms with E-state index in [9.17, 15) is 5.11 Å². The first-order chi connectivity index (χ1) is 14.1. The molecule has 0 bridgehead atoms. The molecule has 0 spiro atoms. The van der Waals surface area contributed by atoms with Crippen molar-refractivity contribution in [2.45, 2.75) is 29.8 Å². The van der Waals surface area contributed by atoms with Gasteiger partial charge in [0, 0.05) is 22.0 Å². The Morgan fingerprint density at radius 1 is 0.931 bits per heavy atom. The first kappa shape index (κ1) is 19.9. The number of hydrogen-bond acceptors (Lipinski definition) is 4. The van der Waals surface area contributed by atoms with Crippen LogP contribution >= 0.6 is 11.8 Å². The van der Waals surface area contributed by atoms with Crippen molar-refractivity contribution in [2.24, 2.45) is 0 Å². The van der Waals surface area contributed by atoms with E-state index in [4.69, 9.17) is 9.47 Å². The van der Waals surface area contributed by atoms with E-state index in [0.717, 1.165) is 22.8 Å². The Balaban J connectivity index is 1.86. The molecule has 0 fully saturated rings. The molecule has 3 aromatic carbocycles. The molecule has 0 aromatic heterocycles. The summed E-state index contributed by atoms with van der Waals surface area (Å²) in [6.45, 7) is 2.41. The second-order valence-electron chi connectivity index (χ2n) is 7.67. The summed E-state index contributed by atoms with van der Waals surface area (Å²) in [4.78, 5) is 1.27. The predicted molar refractivity (Wildman–Crippen MR) is 118 cm³/mol. The Bertz CT molecular complexity index is 982. The molecule has 0 radical (unpaired) electrons. The predicted octanol–water partition coefficient (Wildman–Crippen LogP) is 5.39. The highest BCUT2D eigenvalue weighted by Crippen LogP contribution is 2.53. The van der Waals surface area contributed by atoms with E-state index in [1.54, 1.807) is 14.2 Å². The van der Waals surface area contributed by atoms with Gasteiger partial charge in [0.2, 0.25) is 0 Å². The number of rotatable bonds is 5. The number of aliphatic hydroxyl groups is 1. The molecular weight excluding hydrogens is 380 g/mol. The molecule has 150 valence electrons. The number of ether oxygens (including phenoxy) is 2. The molecule has 1 unspecified atom stereocenters. The lowest BCUT2D eigenvalue weighted by molar-refractivity contribution is 0.282. The van der Waals surface area contributed by atoms with Gasteiger partial charge in [0.05, 0.1) is 20.8 Å². The van der Waals surface area contributed by atoms with Crippen molar-refractivity contribution in [1.82, 2.24) is 0 Å². The molecule has 1 aliphatic rings. The van der Waals surface area contributed by atoms with Crippen LogP contribution in [0.25, 0.3) is 0 Å². The molecule has 2 atom stereocenters. The van der Waals surface area contributed by atoms with Crippen molar-refractivity contribution in [1.29, 1.82) is 0 Å². The fourth-order valence-electron chi connectivity index (χ4n) is 4.24. The number of thioether (sulfide) groups is 1. The minimum atomic E-state index is -0.0841. The molecule has 29 heavy (non-hydrogen) atoms. The van der Waals surface area contributed by atoms with E-state index >= 15 is 0 Å². The average Bonchev–Trinajstić information content (AvgIpc) is 2.79. The highest BCUT2D eigenvalue weighted by atomic mass is 32.2. The maximum absolute atomic E-state index is 9.46. The normalized spacial score (nSPS) is 20.8. The lowest BCUT2D eigenvalue weighted by Crippen LogP contribution is -2.36. The third-order valence-electron chi connectivity index (χ3n) is 5.94. The molecule has 1 N–H and O–H groups in total. The zero-order valence-corrected chi connectivity index (χ0v) is 17.8. The number of methoxy groups -OCH3 is 2. The van der Waals surface area contributed by atoms with Crippen LogP contribution in [0.3, 0.4) is 0 Å². The molecule has 4 rings (SSSR count). The van der Waals surface area contributed by atoms with Crippen LogP contribution in [0.4, 0.5) is 0 Å². The fraction of sp³-hybridized carbons (Fsp3) is 0.280. The Morgan fingerprint density at radius 2 is 1.59 bits per heavy atom. The number of fused-ring (bicyclic) bond motifs is 1. The van der Waals surface area contributed by atoms with Crippen LogP contribution in [0.1, 0.15) is 35.1 Å². The lowest BCUT2D eigenvalue weighted by atomic mass is 9.67. The van der Waals surface area contributed by atoms with E-state index in [2.05, 4.69) is 43.3 Å². The summed E-state index contributed by atoms with van der Waals surface area (Å²) in [6, 6.07) is 23.2. The van der Waals surface area contributed by atoms with Crippen LogP contribution < -0.4 is 9.47 Å². The minimum absolute atomic E-state index is 0.0599. The number of hydrogen-bond donors (Lipinski definition) is 1. The van der Waals surface area contributed by atoms with Gasteiger partial charge in [-0.05, 0) is 46.5 Å². The molecule has 1 heterocycles. The van der Waals surface area contributed by atoms with E-state index < -0.39 is 0 Å². The van der Waals surface area contributed by atoms with E-state index in [-0.39, 0.29) is 17.9 Å². The Kier molecular flexibility index (Phi) is 5.57. The Hall–Kier alpha value is -2.43. The summed E-state index contributed by atoms with van der Waals surface area (Å²) in [5.41, 5.74) is 4.71. The summed E-state index contributed by atoms with van der Waals surface area (Å²) >= 11 is 1.88. The standard InChI is InChI=1S/C25H26O3S/c1-25(19-8-10-20(27-2)11-9-19)16-29-23-14-21(28-3)12-13-22(23)24(25)18-6-4-17(15-26)5-7-18/h4-14,24,26H,15-16H2,1-3H3/t24?,25-/m1/s1. The smallest absolute Gasteiger partial charge is 0.119 e. The first-order valence-electron chi connectivity index (χ1n) is 9.74. The molecule has 1 aliphatic heterocycles. The monoisotopic (exact) mass is 406 g/mol. The van der Waals surface area contributed by atoms with Gasteiger partial charge >= 0.3 is 0 Å². The van der Waals surface area contributed by atoms with Gasteiger partial charge in [-0.2, -0.15) is 0 Å². The number of aliphatic hydroxyl groups excluding tert-OH is 1. The van der Waals surface area contributed by atoms with Gasteiger partial charge in [-0.25, -0.2) is 0 Å². The largest absolute Gasteiger partial charge is 0.497 e. The minimum Gasteiger partial charge on any atom is -0.497 e. The zero-order valence-electron chi connectivity index (χ0n) is 17.0. The maximum atomic E-state index is 9.46. The second-order valence-corrected chi connectivity index (χ2v) is 8.69. The van der Waals surface area contributed by atoms with Crippen molar-refractivity contribution in [2.75, 3.05) is 20.0 Å². The molecule has 0 saturated carbocycles. The molecule has 3 aromatic rings. The lowest BCUT2D eigenvalue weighted by Gasteiger charge is -2.43. The van der Waals surface area contributed by atoms with Gasteiger partial charge in [0.1, 0.15) is 11.5 Å². The quantitative estimate of drug-likeness (QED) is 0.616. The molecule has 4 heteroatoms. The summed E-state index contributed by atoms with van der Waals surface area (Å²) in [7, 11) is 3.41. The topological polar surface area (TPSA) is 38.7 Å². The van der Waals surface area contributed by atoms with E-state index in [0.29, 0.717) is 0 Å². The molecule has 0 saturated heterocycles. The third kappa shape index (κ3) is 3.63. The van der Waals surface area contributed by atoms with E-state index in [1.807, 2.05) is 42.1 Å². The van der Waals surface area contributed by atoms with Crippen molar-refractivity contribution in [3.05, 3.63) is 89.0 Å². The van der Waals surface area contributed by atoms with Crippen molar-refractivity contribution in [3.63, 3.8) is 0 Å². The molecule has 0 amide bonds. The highest BCUT2D eigenvalue weighted by molar-refractivity contribution is 7.99. The van der Waals surface area contributed by atoms with Gasteiger partial charge in [-0.3, -0.25) is 0 Å². The second kappa shape index (κ2) is 8.13. The van der Waals surface area contributed by atoms with Crippen LogP contribution in [0, 0.1) is 0 Å². The van der Waals surface area contributed by atoms with Crippen LogP contribution in [0.2, 0.25) is 0 Å². The average molecular weight is 407 g/mol. The van der Waals surface area contributed by atoms with Gasteiger partial charge in [0.15, 0.2) is 0 Å². The van der Waals surface area contributed by atoms with Gasteiger partial charge < -0.3 is 14.6 Å². The number of benzene rings is 3. The van der Waals surface area contributed by atoms with Gasteiger partial charge in [-0.15, -0.1) is 11.8 Å². The summed E-state index contributed by atoms with van der Waals surface area (Å²) in [6.07, 6.45) is 0. The molecular formula is C25H26O3S. The zero-order chi connectivity index (χ0) is 20.4. The summed E-state index contributed by atoms with van der Waals surface area (Å²) in [5.74, 6) is 2.92. The Morgan fingerprint density at radius 3 is 2.21 bits per heavy atom. The summed E-state index contributed by atoms with van der Waals surface area (Å²) in [5, 5.41) is 9.46. The maximum Gasteiger partial charge on any atom is 0.119 e. The van der Waals surface area contributed by atoms with Gasteiger partial charge in [0.25, 0.3) is 0 Å². The SMILES string of the molecule is COc1ccc([C@@]2(C)CSc3cc(OC)ccc3C2c2ccc(CO)cc2)cc1. The third-order valence-corrected chi connectivity index (χ3v) is 7.35. The van der Waals surface area contributed by atoms with Crippen molar-refractivity contribution in [3.8, 4) is 11.5 Å². The summed E-state index contributed by atoms with van der Waals surface area (Å²) < 4.78 is 10.8. The van der Waals surface area contributed by atoms with Crippen LogP contribution in [-0.2, 0) is 12.0 Å². The molecule has 3 nitrogen and oxygen atoms in total. The van der Waals surface area contributed by atoms with E-state index in [1.165, 1.54) is 21.6 Å². The molecule has 0 aliphatic carbocycles. The Labute approximate surface area is 176 Å². The van der Waals surface area contributed by atoms with Crippen LogP contribution in [0.5, 0.6) is 11.5 Å².